The van der Waals surface area contributed by atoms with Gasteiger partial charge in [0.2, 0.25) is 5.91 Å². The number of nitrogens with zero attached hydrogens (tertiary/aromatic N) is 1. The first-order valence-corrected chi connectivity index (χ1v) is 10.4. The fourth-order valence-electron chi connectivity index (χ4n) is 3.57. The molecule has 1 saturated carbocycles. The molecule has 3 amide bonds. The standard InChI is InChI=1S/C21H29N3O5/c1-2-3-10-24(14-19(25)22-15-6-4-5-7-15)21(27)20(26)23-16-8-9-17-18(13-16)29-12-11-28-17/h8-9,13,15H,2-7,10-12,14H2,1H3,(H,22,25)(H,23,26). The van der Waals surface area contributed by atoms with E-state index in [1.807, 2.05) is 6.92 Å². The second-order valence-electron chi connectivity index (χ2n) is 7.44. The molecule has 8 heteroatoms. The van der Waals surface area contributed by atoms with Gasteiger partial charge in [0.1, 0.15) is 13.2 Å². The van der Waals surface area contributed by atoms with Crippen molar-refractivity contribution in [2.45, 2.75) is 51.5 Å². The average Bonchev–Trinajstić information content (AvgIpc) is 3.23. The normalized spacial score (nSPS) is 15.6. The Morgan fingerprint density at radius 1 is 1.10 bits per heavy atom. The highest BCUT2D eigenvalue weighted by molar-refractivity contribution is 6.39. The van der Waals surface area contributed by atoms with E-state index in [9.17, 15) is 14.4 Å². The quantitative estimate of drug-likeness (QED) is 0.680. The summed E-state index contributed by atoms with van der Waals surface area (Å²) < 4.78 is 11.0. The van der Waals surface area contributed by atoms with E-state index in [1.54, 1.807) is 18.2 Å². The van der Waals surface area contributed by atoms with Gasteiger partial charge in [-0.15, -0.1) is 0 Å². The van der Waals surface area contributed by atoms with Crippen molar-refractivity contribution in [2.75, 3.05) is 31.6 Å². The summed E-state index contributed by atoms with van der Waals surface area (Å²) in [4.78, 5) is 38.9. The molecule has 0 spiro atoms. The van der Waals surface area contributed by atoms with E-state index in [0.717, 1.165) is 38.5 Å². The van der Waals surface area contributed by atoms with Crippen molar-refractivity contribution in [3.63, 3.8) is 0 Å². The molecule has 1 aliphatic heterocycles. The lowest BCUT2D eigenvalue weighted by atomic mass is 10.2. The summed E-state index contributed by atoms with van der Waals surface area (Å²) in [6.45, 7) is 3.17. The molecule has 158 valence electrons. The second-order valence-corrected chi connectivity index (χ2v) is 7.44. The minimum absolute atomic E-state index is 0.107. The van der Waals surface area contributed by atoms with Gasteiger partial charge in [0.15, 0.2) is 11.5 Å². The molecule has 0 radical (unpaired) electrons. The zero-order valence-corrected chi connectivity index (χ0v) is 16.9. The number of carbonyl (C=O) groups excluding carboxylic acids is 3. The predicted octanol–water partition coefficient (Wildman–Crippen LogP) is 2.08. The number of ether oxygens (including phenoxy) is 2. The number of benzene rings is 1. The molecule has 2 aliphatic rings. The van der Waals surface area contributed by atoms with Crippen LogP contribution in [0.25, 0.3) is 0 Å². The lowest BCUT2D eigenvalue weighted by molar-refractivity contribution is -0.144. The molecule has 1 aromatic carbocycles. The van der Waals surface area contributed by atoms with Crippen LogP contribution in [0.1, 0.15) is 45.4 Å². The number of hydrogen-bond acceptors (Lipinski definition) is 5. The largest absolute Gasteiger partial charge is 0.486 e. The summed E-state index contributed by atoms with van der Waals surface area (Å²) in [5.74, 6) is -0.566. The van der Waals surface area contributed by atoms with Crippen molar-refractivity contribution in [3.05, 3.63) is 18.2 Å². The van der Waals surface area contributed by atoms with E-state index < -0.39 is 11.8 Å². The van der Waals surface area contributed by atoms with E-state index >= 15 is 0 Å². The number of rotatable bonds is 7. The minimum Gasteiger partial charge on any atom is -0.486 e. The predicted molar refractivity (Wildman–Crippen MR) is 108 cm³/mol. The Labute approximate surface area is 170 Å². The minimum atomic E-state index is -0.772. The third-order valence-electron chi connectivity index (χ3n) is 5.12. The molecule has 0 aromatic heterocycles. The van der Waals surface area contributed by atoms with Gasteiger partial charge >= 0.3 is 11.8 Å². The number of carbonyl (C=O) groups is 3. The number of nitrogens with one attached hydrogen (secondary N) is 2. The molecular formula is C21H29N3O5. The van der Waals surface area contributed by atoms with Crippen molar-refractivity contribution in [2.24, 2.45) is 0 Å². The highest BCUT2D eigenvalue weighted by atomic mass is 16.6. The third kappa shape index (κ3) is 5.85. The first-order valence-electron chi connectivity index (χ1n) is 10.4. The van der Waals surface area contributed by atoms with E-state index in [-0.39, 0.29) is 18.5 Å². The molecule has 1 fully saturated rings. The maximum atomic E-state index is 12.7. The van der Waals surface area contributed by atoms with Crippen LogP contribution in [0.2, 0.25) is 0 Å². The fraction of sp³-hybridized carbons (Fsp3) is 0.571. The van der Waals surface area contributed by atoms with E-state index in [0.29, 0.717) is 36.9 Å². The molecule has 1 aromatic rings. The average molecular weight is 403 g/mol. The van der Waals surface area contributed by atoms with Gasteiger partial charge in [-0.3, -0.25) is 14.4 Å². The number of hydrogen-bond donors (Lipinski definition) is 2. The summed E-state index contributed by atoms with van der Waals surface area (Å²) in [6, 6.07) is 5.15. The van der Waals surface area contributed by atoms with E-state index in [1.165, 1.54) is 4.90 Å². The zero-order valence-electron chi connectivity index (χ0n) is 16.9. The molecule has 0 bridgehead atoms. The molecule has 0 atom stereocenters. The molecule has 1 heterocycles. The van der Waals surface area contributed by atoms with Crippen LogP contribution >= 0.6 is 0 Å². The van der Waals surface area contributed by atoms with E-state index in [2.05, 4.69) is 10.6 Å². The lowest BCUT2D eigenvalue weighted by Gasteiger charge is -2.23. The van der Waals surface area contributed by atoms with Crippen molar-refractivity contribution in [1.29, 1.82) is 0 Å². The Kier molecular flexibility index (Phi) is 7.32. The summed E-state index contributed by atoms with van der Waals surface area (Å²) in [7, 11) is 0. The van der Waals surface area contributed by atoms with Gasteiger partial charge in [-0.2, -0.15) is 0 Å². The van der Waals surface area contributed by atoms with Crippen molar-refractivity contribution in [1.82, 2.24) is 10.2 Å². The van der Waals surface area contributed by atoms with Gasteiger partial charge in [0.25, 0.3) is 0 Å². The van der Waals surface area contributed by atoms with Crippen LogP contribution in [0.5, 0.6) is 11.5 Å². The van der Waals surface area contributed by atoms with Crippen molar-refractivity contribution >= 4 is 23.4 Å². The summed E-state index contributed by atoms with van der Waals surface area (Å²) in [6.07, 6.45) is 5.75. The Morgan fingerprint density at radius 2 is 1.83 bits per heavy atom. The van der Waals surface area contributed by atoms with Gasteiger partial charge < -0.3 is 25.0 Å². The topological polar surface area (TPSA) is 97.0 Å². The van der Waals surface area contributed by atoms with Crippen LogP contribution in [0, 0.1) is 0 Å². The van der Waals surface area contributed by atoms with Crippen molar-refractivity contribution in [3.8, 4) is 11.5 Å². The van der Waals surface area contributed by atoms with Crippen LogP contribution < -0.4 is 20.1 Å². The monoisotopic (exact) mass is 403 g/mol. The summed E-state index contributed by atoms with van der Waals surface area (Å²) in [5, 5.41) is 5.57. The molecule has 0 saturated heterocycles. The number of anilines is 1. The maximum absolute atomic E-state index is 12.7. The van der Waals surface area contributed by atoms with Crippen LogP contribution in [0.4, 0.5) is 5.69 Å². The van der Waals surface area contributed by atoms with Crippen LogP contribution in [-0.4, -0.2) is 55.0 Å². The first-order chi connectivity index (χ1) is 14.1. The zero-order chi connectivity index (χ0) is 20.6. The molecule has 0 unspecified atom stereocenters. The molecule has 2 N–H and O–H groups in total. The summed E-state index contributed by atoms with van der Waals surface area (Å²) >= 11 is 0. The highest BCUT2D eigenvalue weighted by Gasteiger charge is 2.26. The molecule has 1 aliphatic carbocycles. The van der Waals surface area contributed by atoms with Crippen molar-refractivity contribution < 1.29 is 23.9 Å². The highest BCUT2D eigenvalue weighted by Crippen LogP contribution is 2.32. The molecule has 3 rings (SSSR count). The van der Waals surface area contributed by atoms with Gasteiger partial charge in [-0.05, 0) is 31.4 Å². The first kappa shape index (κ1) is 21.0. The smallest absolute Gasteiger partial charge is 0.313 e. The number of fused-ring (bicyclic) bond motifs is 1. The van der Waals surface area contributed by atoms with Gasteiger partial charge in [-0.25, -0.2) is 0 Å². The van der Waals surface area contributed by atoms with Gasteiger partial charge in [0, 0.05) is 24.3 Å². The second kappa shape index (κ2) is 10.1. The molecule has 8 nitrogen and oxygen atoms in total. The Bertz CT molecular complexity index is 746. The molecule has 29 heavy (non-hydrogen) atoms. The van der Waals surface area contributed by atoms with Crippen LogP contribution in [0.15, 0.2) is 18.2 Å². The Balaban J connectivity index is 1.59. The fourth-order valence-corrected chi connectivity index (χ4v) is 3.57. The van der Waals surface area contributed by atoms with Crippen LogP contribution in [-0.2, 0) is 14.4 Å². The molecular weight excluding hydrogens is 374 g/mol. The SMILES string of the molecule is CCCCN(CC(=O)NC1CCCC1)C(=O)C(=O)Nc1ccc2c(c1)OCCO2. The maximum Gasteiger partial charge on any atom is 0.313 e. The third-order valence-corrected chi connectivity index (χ3v) is 5.12. The van der Waals surface area contributed by atoms with Gasteiger partial charge in [0.05, 0.1) is 6.54 Å². The van der Waals surface area contributed by atoms with Crippen LogP contribution in [0.3, 0.4) is 0 Å². The Hall–Kier alpha value is -2.77. The lowest BCUT2D eigenvalue weighted by Crippen LogP contribution is -2.47. The van der Waals surface area contributed by atoms with E-state index in [4.69, 9.17) is 9.47 Å². The summed E-state index contributed by atoms with van der Waals surface area (Å²) in [5.41, 5.74) is 0.443. The van der Waals surface area contributed by atoms with Gasteiger partial charge in [-0.1, -0.05) is 26.2 Å². The number of amides is 3. The Morgan fingerprint density at radius 3 is 2.55 bits per heavy atom. The number of unbranched alkanes of at least 4 members (excludes halogenated alkanes) is 1.